The Labute approximate surface area is 262 Å². The number of rotatable bonds is 8. The molecule has 4 aromatic carbocycles. The summed E-state index contributed by atoms with van der Waals surface area (Å²) in [6.45, 7) is 6.07. The van der Waals surface area contributed by atoms with Gasteiger partial charge in [-0.15, -0.1) is 0 Å². The molecule has 5 aromatic rings. The number of aromatic nitrogens is 1. The molecule has 0 aliphatic heterocycles. The monoisotopic (exact) mass is 627 g/mol. The van der Waals surface area contributed by atoms with Crippen LogP contribution in [0.25, 0.3) is 10.9 Å². The lowest BCUT2D eigenvalue weighted by atomic mass is 9.81. The number of benzene rings is 4. The van der Waals surface area contributed by atoms with E-state index in [4.69, 9.17) is 27.6 Å². The first-order chi connectivity index (χ1) is 20.6. The van der Waals surface area contributed by atoms with E-state index >= 15 is 0 Å². The molecule has 1 aromatic heterocycles. The van der Waals surface area contributed by atoms with Gasteiger partial charge in [0.1, 0.15) is 0 Å². The first-order valence-electron chi connectivity index (χ1n) is 13.6. The molecule has 1 amide bonds. The highest BCUT2D eigenvalue weighted by molar-refractivity contribution is 6.80. The third-order valence-corrected chi connectivity index (χ3v) is 9.78. The summed E-state index contributed by atoms with van der Waals surface area (Å²) in [4.78, 5) is 30.5. The first-order valence-corrected chi connectivity index (χ1v) is 15.8. The van der Waals surface area contributed by atoms with Gasteiger partial charge in [-0.1, -0.05) is 123 Å². The van der Waals surface area contributed by atoms with E-state index in [0.717, 1.165) is 10.4 Å². The molecule has 9 heteroatoms. The van der Waals surface area contributed by atoms with Gasteiger partial charge in [0.05, 0.1) is 38.5 Å². The zero-order valence-corrected chi connectivity index (χ0v) is 26.3. The van der Waals surface area contributed by atoms with Crippen molar-refractivity contribution < 1.29 is 19.1 Å². The summed E-state index contributed by atoms with van der Waals surface area (Å²) in [6, 6.07) is 30.1. The minimum atomic E-state index is -1.82. The maximum atomic E-state index is 13.3. The van der Waals surface area contributed by atoms with Crippen LogP contribution in [0.5, 0.6) is 0 Å². The second-order valence-electron chi connectivity index (χ2n) is 11.1. The summed E-state index contributed by atoms with van der Waals surface area (Å²) >= 11 is 12.6. The maximum Gasteiger partial charge on any atom is 0.337 e. The molecule has 1 atom stereocenters. The van der Waals surface area contributed by atoms with E-state index in [2.05, 4.69) is 10.3 Å². The van der Waals surface area contributed by atoms with Gasteiger partial charge in [-0.2, -0.15) is 0 Å². The topological polar surface area (TPSA) is 88.5 Å². The zero-order chi connectivity index (χ0) is 30.7. The van der Waals surface area contributed by atoms with Crippen molar-refractivity contribution in [2.75, 3.05) is 5.32 Å². The van der Waals surface area contributed by atoms with E-state index in [9.17, 15) is 14.7 Å². The average molecular weight is 629 g/mol. The highest BCUT2D eigenvalue weighted by Gasteiger charge is 2.36. The lowest BCUT2D eigenvalue weighted by Gasteiger charge is -2.35. The molecule has 217 valence electrons. The Morgan fingerprint density at radius 1 is 0.837 bits per heavy atom. The fraction of sp³-hybridized carbons (Fsp3) is 0.147. The normalized spacial score (nSPS) is 12.3. The molecule has 0 aliphatic rings. The Kier molecular flexibility index (Phi) is 8.99. The van der Waals surface area contributed by atoms with Crippen LogP contribution < -0.4 is 15.7 Å². The van der Waals surface area contributed by atoms with Gasteiger partial charge in [-0.05, 0) is 34.0 Å². The number of hydrogen-bond acceptors (Lipinski definition) is 4. The smallest absolute Gasteiger partial charge is 0.337 e. The highest BCUT2D eigenvalue weighted by atomic mass is 35.5. The molecule has 1 heterocycles. The summed E-state index contributed by atoms with van der Waals surface area (Å²) < 4.78 is 7.08. The molecular formula is C34H29Cl2N2O4Si. The van der Waals surface area contributed by atoms with Crippen molar-refractivity contribution >= 4 is 71.1 Å². The van der Waals surface area contributed by atoms with E-state index in [0.29, 0.717) is 22.2 Å². The SMILES string of the molecule is CC(C)(C)C(O[Si](c1ccccc1)c1ccccc1)c1c(C(=O)O)cnc2c(NC(=O)c3c(Cl)cccc3Cl)cccc12. The first kappa shape index (κ1) is 30.4. The van der Waals surface area contributed by atoms with E-state index in [1.54, 1.807) is 30.3 Å². The Hall–Kier alpha value is -4.01. The Bertz CT molecular complexity index is 1730. The number of nitrogens with one attached hydrogen (secondary N) is 1. The van der Waals surface area contributed by atoms with Gasteiger partial charge >= 0.3 is 5.97 Å². The van der Waals surface area contributed by atoms with Crippen LogP contribution in [0.1, 0.15) is 53.2 Å². The van der Waals surface area contributed by atoms with Crippen LogP contribution in [-0.2, 0) is 4.43 Å². The second kappa shape index (κ2) is 12.7. The van der Waals surface area contributed by atoms with Crippen molar-refractivity contribution in [3.63, 3.8) is 0 Å². The molecule has 2 N–H and O–H groups in total. The van der Waals surface area contributed by atoms with Crippen LogP contribution in [0.3, 0.4) is 0 Å². The van der Waals surface area contributed by atoms with Crippen LogP contribution in [0, 0.1) is 5.41 Å². The number of anilines is 1. The van der Waals surface area contributed by atoms with Crippen molar-refractivity contribution in [3.8, 4) is 0 Å². The number of carbonyl (C=O) groups excluding carboxylic acids is 1. The number of carbonyl (C=O) groups is 2. The van der Waals surface area contributed by atoms with Crippen molar-refractivity contribution in [1.82, 2.24) is 4.98 Å². The van der Waals surface area contributed by atoms with Gasteiger partial charge in [0, 0.05) is 17.1 Å². The summed E-state index contributed by atoms with van der Waals surface area (Å²) in [6.07, 6.45) is 0.680. The summed E-state index contributed by atoms with van der Waals surface area (Å²) in [7, 11) is -1.82. The second-order valence-corrected chi connectivity index (χ2v) is 13.9. The van der Waals surface area contributed by atoms with Gasteiger partial charge < -0.3 is 14.8 Å². The number of fused-ring (bicyclic) bond motifs is 1. The fourth-order valence-corrected chi connectivity index (χ4v) is 7.84. The molecule has 0 aliphatic carbocycles. The van der Waals surface area contributed by atoms with E-state index in [1.165, 1.54) is 6.20 Å². The summed E-state index contributed by atoms with van der Waals surface area (Å²) in [5, 5.41) is 16.3. The molecule has 0 fully saturated rings. The third-order valence-electron chi connectivity index (χ3n) is 6.96. The Morgan fingerprint density at radius 2 is 1.40 bits per heavy atom. The number of carboxylic acid groups (broad SMARTS) is 1. The summed E-state index contributed by atoms with van der Waals surface area (Å²) in [5.74, 6) is -1.62. The van der Waals surface area contributed by atoms with Crippen LogP contribution >= 0.6 is 23.2 Å². The average Bonchev–Trinajstić information content (AvgIpc) is 2.97. The highest BCUT2D eigenvalue weighted by Crippen LogP contribution is 2.42. The largest absolute Gasteiger partial charge is 0.478 e. The van der Waals surface area contributed by atoms with Gasteiger partial charge in [0.15, 0.2) is 0 Å². The van der Waals surface area contributed by atoms with Crippen molar-refractivity contribution in [2.45, 2.75) is 26.9 Å². The van der Waals surface area contributed by atoms with Crippen molar-refractivity contribution in [1.29, 1.82) is 0 Å². The molecule has 43 heavy (non-hydrogen) atoms. The number of amides is 1. The van der Waals surface area contributed by atoms with Gasteiger partial charge in [0.25, 0.3) is 14.9 Å². The number of nitrogens with zero attached hydrogens (tertiary/aromatic N) is 1. The number of aromatic carboxylic acids is 1. The lowest BCUT2D eigenvalue weighted by Crippen LogP contribution is -2.47. The zero-order valence-electron chi connectivity index (χ0n) is 23.8. The molecule has 1 unspecified atom stereocenters. The Balaban J connectivity index is 1.67. The fourth-order valence-electron chi connectivity index (χ4n) is 4.97. The quantitative estimate of drug-likeness (QED) is 0.175. The number of halogens is 2. The molecule has 0 saturated heterocycles. The lowest BCUT2D eigenvalue weighted by molar-refractivity contribution is 0.0667. The van der Waals surface area contributed by atoms with Crippen LogP contribution in [0.15, 0.2) is 103 Å². The standard InChI is InChI=1S/C34H29Cl2N2O4Si/c1-34(2,3)31(42-43(21-12-6-4-7-13-21)22-14-8-5-9-15-22)28-23-16-10-19-27(30(23)37-20-24(28)33(40)41)38-32(39)29-25(35)17-11-18-26(29)36/h4-20,31H,1-3H3,(H,38,39)(H,40,41). The number of carboxylic acids is 1. The minimum Gasteiger partial charge on any atom is -0.478 e. The van der Waals surface area contributed by atoms with Crippen LogP contribution in [0.2, 0.25) is 10.0 Å². The number of para-hydroxylation sites is 1. The molecule has 0 saturated carbocycles. The van der Waals surface area contributed by atoms with Gasteiger partial charge in [0.2, 0.25) is 0 Å². The number of hydrogen-bond donors (Lipinski definition) is 2. The van der Waals surface area contributed by atoms with E-state index < -0.39 is 32.4 Å². The number of pyridine rings is 1. The molecule has 0 spiro atoms. The third kappa shape index (κ3) is 6.50. The summed E-state index contributed by atoms with van der Waals surface area (Å²) in [5.41, 5.74) is 0.950. The minimum absolute atomic E-state index is 0.0347. The molecule has 0 bridgehead atoms. The van der Waals surface area contributed by atoms with E-state index in [-0.39, 0.29) is 21.2 Å². The predicted octanol–water partition coefficient (Wildman–Crippen LogP) is 7.40. The molecule has 6 nitrogen and oxygen atoms in total. The van der Waals surface area contributed by atoms with Gasteiger partial charge in [-0.3, -0.25) is 9.78 Å². The Morgan fingerprint density at radius 3 is 1.93 bits per heavy atom. The van der Waals surface area contributed by atoms with Crippen molar-refractivity contribution in [3.05, 3.63) is 130 Å². The van der Waals surface area contributed by atoms with Crippen LogP contribution in [-0.4, -0.2) is 31.0 Å². The molecule has 1 radical (unpaired) electrons. The van der Waals surface area contributed by atoms with Crippen LogP contribution in [0.4, 0.5) is 5.69 Å². The maximum absolute atomic E-state index is 13.3. The van der Waals surface area contributed by atoms with Gasteiger partial charge in [-0.25, -0.2) is 4.79 Å². The van der Waals surface area contributed by atoms with E-state index in [1.807, 2.05) is 87.5 Å². The molecular weight excluding hydrogens is 599 g/mol. The molecule has 5 rings (SSSR count). The van der Waals surface area contributed by atoms with Crippen molar-refractivity contribution in [2.24, 2.45) is 5.41 Å². The predicted molar refractivity (Wildman–Crippen MR) is 174 cm³/mol.